The molecule has 0 saturated carbocycles. The third kappa shape index (κ3) is 4.68. The highest BCUT2D eigenvalue weighted by molar-refractivity contribution is 7.80. The van der Waals surface area contributed by atoms with Gasteiger partial charge in [0.15, 0.2) is 5.11 Å². The summed E-state index contributed by atoms with van der Waals surface area (Å²) in [4.78, 5) is 22.9. The molecule has 1 aliphatic rings. The van der Waals surface area contributed by atoms with Crippen molar-refractivity contribution in [2.75, 3.05) is 23.9 Å². The van der Waals surface area contributed by atoms with Crippen LogP contribution in [0, 0.1) is 0 Å². The standard InChI is InChI=1S/C26H23ClN6O2S/c1-35-16-23(34)30-20-10-9-17(14-19(20)27)33-25(24(31-26(33)36)21-7-2-3-12-29-21)22-8-5-13-32(22)18-6-4-11-28-15-18/h2-15,24-25H,16H2,1H3,(H,30,34)(H,31,36)/t24-,25-/m0/s1. The zero-order valence-electron chi connectivity index (χ0n) is 19.3. The maximum atomic E-state index is 12.0. The number of thiocarbonyl (C=S) groups is 1. The SMILES string of the molecule is COCC(=O)Nc1ccc(N2C(=S)N[C@@H](c3ccccn3)[C@@H]2c2cccn2-c2cccnc2)cc1Cl. The van der Waals surface area contributed by atoms with Gasteiger partial charge in [0.05, 0.1) is 34.3 Å². The monoisotopic (exact) mass is 518 g/mol. The van der Waals surface area contributed by atoms with Crippen molar-refractivity contribution in [3.05, 3.63) is 102 Å². The van der Waals surface area contributed by atoms with E-state index in [0.29, 0.717) is 15.8 Å². The number of methoxy groups -OCH3 is 1. The summed E-state index contributed by atoms with van der Waals surface area (Å²) >= 11 is 12.4. The van der Waals surface area contributed by atoms with Crippen molar-refractivity contribution in [1.82, 2.24) is 19.9 Å². The normalized spacial score (nSPS) is 17.2. The Hall–Kier alpha value is -3.79. The fraction of sp³-hybridized carbons (Fsp3) is 0.154. The first kappa shape index (κ1) is 23.9. The number of aromatic nitrogens is 3. The van der Waals surface area contributed by atoms with E-state index >= 15 is 0 Å². The lowest BCUT2D eigenvalue weighted by Gasteiger charge is -2.29. The van der Waals surface area contributed by atoms with Crippen LogP contribution in [0.5, 0.6) is 0 Å². The molecule has 36 heavy (non-hydrogen) atoms. The van der Waals surface area contributed by atoms with Gasteiger partial charge in [-0.3, -0.25) is 14.8 Å². The van der Waals surface area contributed by atoms with Crippen molar-refractivity contribution >= 4 is 46.2 Å². The first-order valence-electron chi connectivity index (χ1n) is 11.2. The van der Waals surface area contributed by atoms with Crippen LogP contribution in [0.25, 0.3) is 5.69 Å². The Morgan fingerprint density at radius 2 is 2.03 bits per heavy atom. The number of benzene rings is 1. The molecule has 1 aliphatic heterocycles. The van der Waals surface area contributed by atoms with Gasteiger partial charge in [-0.15, -0.1) is 0 Å². The highest BCUT2D eigenvalue weighted by Gasteiger charge is 2.42. The molecule has 1 fully saturated rings. The molecule has 4 heterocycles. The zero-order chi connectivity index (χ0) is 25.1. The lowest BCUT2D eigenvalue weighted by atomic mass is 10.0. The quantitative estimate of drug-likeness (QED) is 0.343. The van der Waals surface area contributed by atoms with Crippen LogP contribution in [0.1, 0.15) is 23.5 Å². The van der Waals surface area contributed by atoms with Crippen LogP contribution in [-0.4, -0.2) is 39.3 Å². The molecule has 2 atom stereocenters. The Balaban J connectivity index is 1.58. The summed E-state index contributed by atoms with van der Waals surface area (Å²) in [6.07, 6.45) is 7.34. The summed E-state index contributed by atoms with van der Waals surface area (Å²) < 4.78 is 6.98. The molecule has 1 amide bonds. The van der Waals surface area contributed by atoms with Crippen LogP contribution in [-0.2, 0) is 9.53 Å². The van der Waals surface area contributed by atoms with Crippen molar-refractivity contribution in [3.63, 3.8) is 0 Å². The molecule has 0 radical (unpaired) electrons. The second kappa shape index (κ2) is 10.4. The number of carbonyl (C=O) groups excluding carboxylic acids is 1. The van der Waals surface area contributed by atoms with E-state index in [4.69, 9.17) is 28.6 Å². The van der Waals surface area contributed by atoms with Gasteiger partial charge in [0.25, 0.3) is 0 Å². The van der Waals surface area contributed by atoms with Crippen molar-refractivity contribution in [1.29, 1.82) is 0 Å². The van der Waals surface area contributed by atoms with Gasteiger partial charge in [-0.2, -0.15) is 0 Å². The van der Waals surface area contributed by atoms with Gasteiger partial charge in [-0.1, -0.05) is 17.7 Å². The number of pyridine rings is 2. The van der Waals surface area contributed by atoms with Crippen LogP contribution in [0.15, 0.2) is 85.5 Å². The summed E-state index contributed by atoms with van der Waals surface area (Å²) in [7, 11) is 1.46. The minimum atomic E-state index is -0.284. The molecular weight excluding hydrogens is 496 g/mol. The maximum Gasteiger partial charge on any atom is 0.250 e. The first-order valence-corrected chi connectivity index (χ1v) is 12.0. The van der Waals surface area contributed by atoms with Gasteiger partial charge in [-0.05, 0) is 66.8 Å². The minimum Gasteiger partial charge on any atom is -0.375 e. The lowest BCUT2D eigenvalue weighted by molar-refractivity contribution is -0.119. The molecule has 5 rings (SSSR count). The van der Waals surface area contributed by atoms with Gasteiger partial charge in [0.2, 0.25) is 5.91 Å². The molecule has 10 heteroatoms. The Kier molecular flexibility index (Phi) is 6.95. The molecule has 0 aliphatic carbocycles. The molecule has 182 valence electrons. The highest BCUT2D eigenvalue weighted by Crippen LogP contribution is 2.43. The number of nitrogens with zero attached hydrogens (tertiary/aromatic N) is 4. The van der Waals surface area contributed by atoms with E-state index in [-0.39, 0.29) is 24.6 Å². The fourth-order valence-corrected chi connectivity index (χ4v) is 4.94. The topological polar surface area (TPSA) is 84.3 Å². The minimum absolute atomic E-state index is 0.0582. The summed E-state index contributed by atoms with van der Waals surface area (Å²) in [5.41, 5.74) is 4.08. The molecular formula is C26H23ClN6O2S. The largest absolute Gasteiger partial charge is 0.375 e. The highest BCUT2D eigenvalue weighted by atomic mass is 35.5. The maximum absolute atomic E-state index is 12.0. The van der Waals surface area contributed by atoms with E-state index in [1.165, 1.54) is 7.11 Å². The molecule has 0 bridgehead atoms. The van der Waals surface area contributed by atoms with Crippen LogP contribution in [0.4, 0.5) is 11.4 Å². The average Bonchev–Trinajstić information content (AvgIpc) is 3.51. The summed E-state index contributed by atoms with van der Waals surface area (Å²) in [5.74, 6) is -0.284. The number of hydrogen-bond donors (Lipinski definition) is 2. The summed E-state index contributed by atoms with van der Waals surface area (Å²) in [6, 6.07) is 18.8. The van der Waals surface area contributed by atoms with Gasteiger partial charge < -0.3 is 24.8 Å². The van der Waals surface area contributed by atoms with E-state index in [1.807, 2.05) is 59.8 Å². The third-order valence-corrected chi connectivity index (χ3v) is 6.51. The summed E-state index contributed by atoms with van der Waals surface area (Å²) in [6.45, 7) is -0.0582. The van der Waals surface area contributed by atoms with Gasteiger partial charge in [-0.25, -0.2) is 0 Å². The molecule has 8 nitrogen and oxygen atoms in total. The molecule has 0 unspecified atom stereocenters. The Labute approximate surface area is 218 Å². The first-order chi connectivity index (χ1) is 17.6. The molecule has 1 saturated heterocycles. The second-order valence-corrected chi connectivity index (χ2v) is 8.95. The van der Waals surface area contributed by atoms with E-state index in [0.717, 1.165) is 22.8 Å². The smallest absolute Gasteiger partial charge is 0.250 e. The number of nitrogens with one attached hydrogen (secondary N) is 2. The molecule has 3 aromatic heterocycles. The number of ether oxygens (including phenoxy) is 1. The molecule has 1 aromatic carbocycles. The average molecular weight is 519 g/mol. The number of halogens is 1. The predicted octanol–water partition coefficient (Wildman–Crippen LogP) is 4.68. The fourth-order valence-electron chi connectivity index (χ4n) is 4.37. The predicted molar refractivity (Wildman–Crippen MR) is 143 cm³/mol. The number of rotatable bonds is 7. The van der Waals surface area contributed by atoms with Crippen molar-refractivity contribution in [2.24, 2.45) is 0 Å². The van der Waals surface area contributed by atoms with Crippen LogP contribution in [0.3, 0.4) is 0 Å². The summed E-state index contributed by atoms with van der Waals surface area (Å²) in [5, 5.41) is 7.15. The molecule has 2 N–H and O–H groups in total. The van der Waals surface area contributed by atoms with Crippen LogP contribution in [0.2, 0.25) is 5.02 Å². The van der Waals surface area contributed by atoms with Gasteiger partial charge >= 0.3 is 0 Å². The lowest BCUT2D eigenvalue weighted by Crippen LogP contribution is -2.30. The second-order valence-electron chi connectivity index (χ2n) is 8.16. The van der Waals surface area contributed by atoms with Gasteiger partial charge in [0, 0.05) is 37.1 Å². The third-order valence-electron chi connectivity index (χ3n) is 5.89. The zero-order valence-corrected chi connectivity index (χ0v) is 20.9. The Morgan fingerprint density at radius 1 is 1.14 bits per heavy atom. The number of amides is 1. The van der Waals surface area contributed by atoms with E-state index in [2.05, 4.69) is 31.2 Å². The van der Waals surface area contributed by atoms with Crippen LogP contribution < -0.4 is 15.5 Å². The van der Waals surface area contributed by atoms with Crippen molar-refractivity contribution < 1.29 is 9.53 Å². The van der Waals surface area contributed by atoms with Crippen LogP contribution >= 0.6 is 23.8 Å². The Morgan fingerprint density at radius 3 is 2.75 bits per heavy atom. The van der Waals surface area contributed by atoms with Crippen molar-refractivity contribution in [3.8, 4) is 5.69 Å². The number of hydrogen-bond acceptors (Lipinski definition) is 5. The van der Waals surface area contributed by atoms with Crippen molar-refractivity contribution in [2.45, 2.75) is 12.1 Å². The number of carbonyl (C=O) groups is 1. The number of anilines is 2. The molecule has 0 spiro atoms. The van der Waals surface area contributed by atoms with Gasteiger partial charge in [0.1, 0.15) is 12.6 Å². The van der Waals surface area contributed by atoms with E-state index in [9.17, 15) is 4.79 Å². The Bertz CT molecular complexity index is 1380. The molecule has 4 aromatic rings. The van der Waals surface area contributed by atoms with E-state index in [1.54, 1.807) is 24.5 Å². The van der Waals surface area contributed by atoms with E-state index < -0.39 is 0 Å².